The Kier molecular flexibility index (Phi) is 7.91. The molecule has 3 N–H and O–H groups in total. The summed E-state index contributed by atoms with van der Waals surface area (Å²) in [5, 5.41) is 9.50. The first-order valence-corrected chi connectivity index (χ1v) is 9.54. The van der Waals surface area contributed by atoms with Gasteiger partial charge < -0.3 is 16.0 Å². The van der Waals surface area contributed by atoms with Gasteiger partial charge in [0.05, 0.1) is 0 Å². The van der Waals surface area contributed by atoms with Gasteiger partial charge >= 0.3 is 0 Å². The minimum atomic E-state index is -0.0554. The lowest BCUT2D eigenvalue weighted by Gasteiger charge is -2.28. The van der Waals surface area contributed by atoms with Crippen molar-refractivity contribution in [3.8, 4) is 0 Å². The average Bonchev–Trinajstić information content (AvgIpc) is 2.96. The predicted molar refractivity (Wildman–Crippen MR) is 105 cm³/mol. The van der Waals surface area contributed by atoms with Gasteiger partial charge in [-0.3, -0.25) is 9.59 Å². The molecule has 2 amide bonds. The Morgan fingerprint density at radius 2 is 1.88 bits per heavy atom. The van der Waals surface area contributed by atoms with Gasteiger partial charge in [0.25, 0.3) is 5.91 Å². The molecule has 2 aliphatic rings. The Morgan fingerprint density at radius 1 is 1.15 bits per heavy atom. The number of hydrogen-bond acceptors (Lipinski definition) is 3. The molecule has 2 saturated heterocycles. The van der Waals surface area contributed by atoms with Crippen LogP contribution in [0.15, 0.2) is 24.3 Å². The minimum Gasteiger partial charge on any atom is -0.352 e. The first-order chi connectivity index (χ1) is 12.1. The van der Waals surface area contributed by atoms with Gasteiger partial charge in [0.1, 0.15) is 0 Å². The van der Waals surface area contributed by atoms with E-state index in [2.05, 4.69) is 16.0 Å². The van der Waals surface area contributed by atoms with Crippen LogP contribution in [-0.2, 0) is 11.3 Å². The molecule has 2 unspecified atom stereocenters. The number of fused-ring (bicyclic) bond motifs is 2. The highest BCUT2D eigenvalue weighted by molar-refractivity contribution is 5.94. The van der Waals surface area contributed by atoms with Crippen LogP contribution in [0.3, 0.4) is 0 Å². The topological polar surface area (TPSA) is 70.2 Å². The van der Waals surface area contributed by atoms with Gasteiger partial charge in [0.2, 0.25) is 5.91 Å². The van der Waals surface area contributed by atoms with E-state index in [0.717, 1.165) is 24.8 Å². The van der Waals surface area contributed by atoms with Crippen molar-refractivity contribution in [1.29, 1.82) is 0 Å². The average molecular weight is 380 g/mol. The monoisotopic (exact) mass is 379 g/mol. The molecule has 2 atom stereocenters. The van der Waals surface area contributed by atoms with Crippen LogP contribution in [0.25, 0.3) is 0 Å². The molecule has 2 bridgehead atoms. The van der Waals surface area contributed by atoms with Crippen molar-refractivity contribution >= 4 is 24.2 Å². The number of rotatable bonds is 7. The van der Waals surface area contributed by atoms with E-state index in [1.807, 2.05) is 25.1 Å². The molecule has 1 aromatic rings. The second-order valence-corrected chi connectivity index (χ2v) is 7.41. The molecule has 3 rings (SSSR count). The fourth-order valence-corrected chi connectivity index (χ4v) is 4.04. The quantitative estimate of drug-likeness (QED) is 0.682. The van der Waals surface area contributed by atoms with Crippen LogP contribution in [-0.4, -0.2) is 30.4 Å². The van der Waals surface area contributed by atoms with Gasteiger partial charge in [0, 0.05) is 37.2 Å². The zero-order valence-electron chi connectivity index (χ0n) is 15.4. The predicted octanol–water partition coefficient (Wildman–Crippen LogP) is 2.79. The number of carbonyl (C=O) groups excluding carboxylic acids is 2. The molecular formula is C20H30ClN3O2. The zero-order chi connectivity index (χ0) is 17.6. The molecule has 6 heteroatoms. The Labute approximate surface area is 162 Å². The van der Waals surface area contributed by atoms with E-state index in [9.17, 15) is 9.59 Å². The molecule has 0 aromatic heterocycles. The molecule has 2 heterocycles. The molecule has 0 aliphatic carbocycles. The molecule has 1 aromatic carbocycles. The van der Waals surface area contributed by atoms with Crippen LogP contribution in [0.1, 0.15) is 61.4 Å². The van der Waals surface area contributed by atoms with Crippen molar-refractivity contribution in [3.63, 3.8) is 0 Å². The number of hydrogen-bond donors (Lipinski definition) is 3. The molecule has 5 nitrogen and oxygen atoms in total. The maximum absolute atomic E-state index is 12.3. The van der Waals surface area contributed by atoms with Gasteiger partial charge in [-0.1, -0.05) is 19.1 Å². The lowest BCUT2D eigenvalue weighted by atomic mass is 9.89. The van der Waals surface area contributed by atoms with Crippen LogP contribution < -0.4 is 16.0 Å². The summed E-state index contributed by atoms with van der Waals surface area (Å²) in [6, 6.07) is 8.72. The Bertz CT molecular complexity index is 611. The normalized spacial score (nSPS) is 23.8. The van der Waals surface area contributed by atoms with E-state index in [1.54, 1.807) is 6.07 Å². The lowest BCUT2D eigenvalue weighted by molar-refractivity contribution is -0.122. The molecule has 2 aliphatic heterocycles. The minimum absolute atomic E-state index is 0. The Balaban J connectivity index is 0.00000243. The number of halogens is 1. The van der Waals surface area contributed by atoms with Gasteiger partial charge in [-0.15, -0.1) is 12.4 Å². The van der Waals surface area contributed by atoms with Crippen LogP contribution in [0.4, 0.5) is 0 Å². The smallest absolute Gasteiger partial charge is 0.251 e. The Hall–Kier alpha value is -1.59. The molecular weight excluding hydrogens is 350 g/mol. The number of benzene rings is 1. The molecule has 26 heavy (non-hydrogen) atoms. The van der Waals surface area contributed by atoms with Crippen LogP contribution >= 0.6 is 12.4 Å². The van der Waals surface area contributed by atoms with E-state index in [0.29, 0.717) is 43.1 Å². The van der Waals surface area contributed by atoms with Crippen LogP contribution in [0.5, 0.6) is 0 Å². The summed E-state index contributed by atoms with van der Waals surface area (Å²) in [6.45, 7) is 3.18. The van der Waals surface area contributed by atoms with Crippen molar-refractivity contribution in [2.75, 3.05) is 6.54 Å². The maximum Gasteiger partial charge on any atom is 0.251 e. The van der Waals surface area contributed by atoms with Crippen LogP contribution in [0, 0.1) is 5.92 Å². The summed E-state index contributed by atoms with van der Waals surface area (Å²) in [7, 11) is 0. The molecule has 144 valence electrons. The molecule has 0 radical (unpaired) electrons. The zero-order valence-corrected chi connectivity index (χ0v) is 16.2. The summed E-state index contributed by atoms with van der Waals surface area (Å²) < 4.78 is 0. The standard InChI is InChI=1S/C20H29N3O2.ClH/c1-2-8-21-20(25)16-5-3-4-14(9-16)13-22-19(24)12-15-10-17-6-7-18(11-15)23-17;/h3-5,9,15,17-18,23H,2,6-8,10-13H2,1H3,(H,21,25)(H,22,24);1H. The van der Waals surface area contributed by atoms with Crippen molar-refractivity contribution in [3.05, 3.63) is 35.4 Å². The highest BCUT2D eigenvalue weighted by Crippen LogP contribution is 2.32. The molecule has 2 fully saturated rings. The number of piperidine rings is 1. The summed E-state index contributed by atoms with van der Waals surface area (Å²) in [5.41, 5.74) is 1.61. The van der Waals surface area contributed by atoms with E-state index in [-0.39, 0.29) is 24.2 Å². The van der Waals surface area contributed by atoms with Gasteiger partial charge in [-0.05, 0) is 55.7 Å². The summed E-state index contributed by atoms with van der Waals surface area (Å²) in [4.78, 5) is 24.3. The first-order valence-electron chi connectivity index (χ1n) is 9.54. The SMILES string of the molecule is CCCNC(=O)c1cccc(CNC(=O)CC2CC3CCC(C2)N3)c1.Cl. The number of carbonyl (C=O) groups is 2. The highest BCUT2D eigenvalue weighted by atomic mass is 35.5. The van der Waals surface area contributed by atoms with E-state index in [1.165, 1.54) is 12.8 Å². The van der Waals surface area contributed by atoms with Crippen molar-refractivity contribution < 1.29 is 9.59 Å². The van der Waals surface area contributed by atoms with Crippen molar-refractivity contribution in [2.45, 2.75) is 64.1 Å². The third-order valence-corrected chi connectivity index (χ3v) is 5.26. The third-order valence-electron chi connectivity index (χ3n) is 5.26. The second kappa shape index (κ2) is 9.93. The van der Waals surface area contributed by atoms with Gasteiger partial charge in [-0.25, -0.2) is 0 Å². The largest absolute Gasteiger partial charge is 0.352 e. The fourth-order valence-electron chi connectivity index (χ4n) is 4.04. The van der Waals surface area contributed by atoms with Gasteiger partial charge in [-0.2, -0.15) is 0 Å². The second-order valence-electron chi connectivity index (χ2n) is 7.41. The highest BCUT2D eigenvalue weighted by Gasteiger charge is 2.34. The lowest BCUT2D eigenvalue weighted by Crippen LogP contribution is -2.39. The fraction of sp³-hybridized carbons (Fsp3) is 0.600. The van der Waals surface area contributed by atoms with E-state index >= 15 is 0 Å². The van der Waals surface area contributed by atoms with E-state index < -0.39 is 0 Å². The third kappa shape index (κ3) is 5.71. The number of nitrogens with one attached hydrogen (secondary N) is 3. The number of amides is 2. The van der Waals surface area contributed by atoms with Crippen molar-refractivity contribution in [1.82, 2.24) is 16.0 Å². The maximum atomic E-state index is 12.3. The summed E-state index contributed by atoms with van der Waals surface area (Å²) in [6.07, 6.45) is 6.30. The molecule has 0 spiro atoms. The summed E-state index contributed by atoms with van der Waals surface area (Å²) >= 11 is 0. The first kappa shape index (κ1) is 20.7. The molecule has 0 saturated carbocycles. The van der Waals surface area contributed by atoms with Crippen molar-refractivity contribution in [2.24, 2.45) is 5.92 Å². The Morgan fingerprint density at radius 3 is 2.58 bits per heavy atom. The van der Waals surface area contributed by atoms with Crippen LogP contribution in [0.2, 0.25) is 0 Å². The van der Waals surface area contributed by atoms with E-state index in [4.69, 9.17) is 0 Å². The van der Waals surface area contributed by atoms with Gasteiger partial charge in [0.15, 0.2) is 0 Å². The summed E-state index contributed by atoms with van der Waals surface area (Å²) in [5.74, 6) is 0.567.